The largest absolute Gasteiger partial charge is 0.505 e. The molecule has 0 atom stereocenters. The third kappa shape index (κ3) is 3.33. The van der Waals surface area contributed by atoms with Crippen molar-refractivity contribution in [3.8, 4) is 5.75 Å². The number of rotatable bonds is 5. The van der Waals surface area contributed by atoms with Crippen molar-refractivity contribution >= 4 is 11.6 Å². The maximum atomic E-state index is 12.1. The highest BCUT2D eigenvalue weighted by Gasteiger charge is 2.12. The van der Waals surface area contributed by atoms with E-state index in [9.17, 15) is 9.90 Å². The maximum absolute atomic E-state index is 12.1. The molecule has 0 saturated heterocycles. The van der Waals surface area contributed by atoms with Gasteiger partial charge >= 0.3 is 0 Å². The quantitative estimate of drug-likeness (QED) is 0.875. The average Bonchev–Trinajstić information content (AvgIpc) is 2.46. The average molecular weight is 272 g/mol. The molecule has 1 amide bonds. The summed E-state index contributed by atoms with van der Waals surface area (Å²) in [6.07, 6.45) is 3.41. The van der Waals surface area contributed by atoms with Gasteiger partial charge in [-0.2, -0.15) is 0 Å². The van der Waals surface area contributed by atoms with Crippen LogP contribution < -0.4 is 5.32 Å². The molecular weight excluding hydrogens is 256 g/mol. The predicted molar refractivity (Wildman–Crippen MR) is 75.9 cm³/mol. The molecule has 0 radical (unpaired) electrons. The Hall–Kier alpha value is -2.40. The molecule has 1 aromatic heterocycles. The summed E-state index contributed by atoms with van der Waals surface area (Å²) in [6, 6.07) is 8.98. The van der Waals surface area contributed by atoms with E-state index in [2.05, 4.69) is 10.3 Å². The molecule has 20 heavy (non-hydrogen) atoms. The van der Waals surface area contributed by atoms with Gasteiger partial charge in [-0.05, 0) is 24.1 Å². The van der Waals surface area contributed by atoms with Crippen LogP contribution >= 0.6 is 0 Å². The van der Waals surface area contributed by atoms with Crippen molar-refractivity contribution in [2.24, 2.45) is 0 Å². The Morgan fingerprint density at radius 1 is 1.35 bits per heavy atom. The molecule has 0 bridgehead atoms. The minimum absolute atomic E-state index is 0.139. The highest BCUT2D eigenvalue weighted by molar-refractivity contribution is 6.06. The van der Waals surface area contributed by atoms with E-state index in [-0.39, 0.29) is 17.2 Å². The number of anilines is 1. The van der Waals surface area contributed by atoms with Gasteiger partial charge in [0.25, 0.3) is 5.91 Å². The molecule has 1 heterocycles. The van der Waals surface area contributed by atoms with Crippen LogP contribution in [0.2, 0.25) is 0 Å². The first kappa shape index (κ1) is 14.0. The molecule has 0 unspecified atom stereocenters. The van der Waals surface area contributed by atoms with Crippen LogP contribution in [0.15, 0.2) is 42.7 Å². The molecule has 0 fully saturated rings. The molecule has 104 valence electrons. The fraction of sp³-hybridized carbons (Fsp3) is 0.200. The number of carbonyl (C=O) groups is 1. The van der Waals surface area contributed by atoms with Gasteiger partial charge in [-0.25, -0.2) is 0 Å². The zero-order valence-corrected chi connectivity index (χ0v) is 11.2. The first-order valence-corrected chi connectivity index (χ1v) is 6.23. The van der Waals surface area contributed by atoms with Crippen molar-refractivity contribution in [2.45, 2.75) is 6.42 Å². The molecular formula is C15H16N2O3. The number of ether oxygens (including phenoxy) is 1. The number of aromatic nitrogens is 1. The summed E-state index contributed by atoms with van der Waals surface area (Å²) in [7, 11) is 1.64. The molecule has 5 heteroatoms. The lowest BCUT2D eigenvalue weighted by atomic mass is 10.1. The summed E-state index contributed by atoms with van der Waals surface area (Å²) < 4.78 is 5.05. The van der Waals surface area contributed by atoms with Crippen LogP contribution in [0.25, 0.3) is 0 Å². The highest BCUT2D eigenvalue weighted by Crippen LogP contribution is 2.19. The minimum atomic E-state index is -0.366. The fourth-order valence-electron chi connectivity index (χ4n) is 1.84. The lowest BCUT2D eigenvalue weighted by molar-refractivity contribution is 0.102. The van der Waals surface area contributed by atoms with E-state index >= 15 is 0 Å². The Morgan fingerprint density at radius 2 is 2.15 bits per heavy atom. The van der Waals surface area contributed by atoms with Crippen LogP contribution in [-0.4, -0.2) is 29.7 Å². The Labute approximate surface area is 117 Å². The summed E-state index contributed by atoms with van der Waals surface area (Å²) >= 11 is 0. The summed E-state index contributed by atoms with van der Waals surface area (Å²) in [5.41, 5.74) is 1.89. The van der Waals surface area contributed by atoms with Crippen LogP contribution in [0.3, 0.4) is 0 Å². The van der Waals surface area contributed by atoms with Crippen LogP contribution in [0, 0.1) is 0 Å². The smallest absolute Gasteiger partial charge is 0.259 e. The van der Waals surface area contributed by atoms with Crippen LogP contribution in [0.4, 0.5) is 5.69 Å². The molecule has 5 nitrogen and oxygen atoms in total. The van der Waals surface area contributed by atoms with Crippen molar-refractivity contribution in [3.05, 3.63) is 53.9 Å². The molecule has 0 spiro atoms. The number of methoxy groups -OCH3 is 1. The molecule has 0 aliphatic heterocycles. The van der Waals surface area contributed by atoms with Crippen molar-refractivity contribution in [1.29, 1.82) is 0 Å². The van der Waals surface area contributed by atoms with Gasteiger partial charge in [-0.15, -0.1) is 0 Å². The van der Waals surface area contributed by atoms with E-state index < -0.39 is 0 Å². The normalized spacial score (nSPS) is 10.2. The Morgan fingerprint density at radius 3 is 2.90 bits per heavy atom. The second kappa shape index (κ2) is 6.68. The first-order valence-electron chi connectivity index (χ1n) is 6.23. The van der Waals surface area contributed by atoms with Crippen LogP contribution in [0.1, 0.15) is 15.9 Å². The molecule has 2 rings (SSSR count). The second-order valence-corrected chi connectivity index (χ2v) is 4.25. The van der Waals surface area contributed by atoms with Crippen LogP contribution in [-0.2, 0) is 11.2 Å². The van der Waals surface area contributed by atoms with Gasteiger partial charge in [0.1, 0.15) is 5.75 Å². The van der Waals surface area contributed by atoms with Crippen molar-refractivity contribution in [2.75, 3.05) is 19.0 Å². The highest BCUT2D eigenvalue weighted by atomic mass is 16.5. The van der Waals surface area contributed by atoms with Gasteiger partial charge in [0.2, 0.25) is 0 Å². The first-order chi connectivity index (χ1) is 9.72. The summed E-state index contributed by atoms with van der Waals surface area (Å²) in [4.78, 5) is 15.9. The number of hydrogen-bond acceptors (Lipinski definition) is 4. The van der Waals surface area contributed by atoms with E-state index in [1.54, 1.807) is 7.11 Å². The lowest BCUT2D eigenvalue weighted by Gasteiger charge is -2.11. The number of amides is 1. The van der Waals surface area contributed by atoms with Crippen molar-refractivity contribution < 1.29 is 14.6 Å². The van der Waals surface area contributed by atoms with E-state index in [1.807, 2.05) is 24.3 Å². The zero-order valence-electron chi connectivity index (χ0n) is 11.2. The predicted octanol–water partition coefficient (Wildman–Crippen LogP) is 2.23. The topological polar surface area (TPSA) is 71.5 Å². The van der Waals surface area contributed by atoms with Crippen molar-refractivity contribution in [3.63, 3.8) is 0 Å². The number of aromatic hydroxyl groups is 1. The number of para-hydroxylation sites is 1. The Kier molecular flexibility index (Phi) is 4.68. The van der Waals surface area contributed by atoms with E-state index in [4.69, 9.17) is 4.74 Å². The molecule has 0 aliphatic rings. The third-order valence-electron chi connectivity index (χ3n) is 2.89. The molecule has 2 aromatic rings. The molecule has 0 saturated carbocycles. The number of hydrogen-bond donors (Lipinski definition) is 2. The number of carbonyl (C=O) groups excluding carboxylic acids is 1. The van der Waals surface area contributed by atoms with Crippen LogP contribution in [0.5, 0.6) is 5.75 Å². The van der Waals surface area contributed by atoms with Gasteiger partial charge in [0, 0.05) is 19.0 Å². The van der Waals surface area contributed by atoms with E-state index in [0.717, 1.165) is 5.56 Å². The Balaban J connectivity index is 2.18. The number of nitrogens with zero attached hydrogens (tertiary/aromatic N) is 1. The lowest BCUT2D eigenvalue weighted by Crippen LogP contribution is -2.14. The van der Waals surface area contributed by atoms with Gasteiger partial charge < -0.3 is 15.2 Å². The number of benzene rings is 1. The molecule has 2 N–H and O–H groups in total. The standard InChI is InChI=1S/C15H16N2O3/c1-20-9-7-11-4-2-3-5-13(11)17-15(19)12-6-8-16-10-14(12)18/h2-6,8,10,18H,7,9H2,1H3,(H,17,19). The monoisotopic (exact) mass is 272 g/mol. The van der Waals surface area contributed by atoms with Gasteiger partial charge in [0.05, 0.1) is 18.4 Å². The number of nitrogens with one attached hydrogen (secondary N) is 1. The second-order valence-electron chi connectivity index (χ2n) is 4.25. The van der Waals surface area contributed by atoms with E-state index in [0.29, 0.717) is 18.7 Å². The summed E-state index contributed by atoms with van der Waals surface area (Å²) in [5.74, 6) is -0.505. The third-order valence-corrected chi connectivity index (χ3v) is 2.89. The SMILES string of the molecule is COCCc1ccccc1NC(=O)c1ccncc1O. The van der Waals surface area contributed by atoms with Gasteiger partial charge in [0.15, 0.2) is 0 Å². The Bertz CT molecular complexity index is 599. The molecule has 1 aromatic carbocycles. The number of pyridine rings is 1. The summed E-state index contributed by atoms with van der Waals surface area (Å²) in [5, 5.41) is 12.4. The minimum Gasteiger partial charge on any atom is -0.505 e. The maximum Gasteiger partial charge on any atom is 0.259 e. The fourth-order valence-corrected chi connectivity index (χ4v) is 1.84. The summed E-state index contributed by atoms with van der Waals surface area (Å²) in [6.45, 7) is 0.577. The van der Waals surface area contributed by atoms with E-state index in [1.165, 1.54) is 18.5 Å². The van der Waals surface area contributed by atoms with Gasteiger partial charge in [-0.1, -0.05) is 18.2 Å². The molecule has 0 aliphatic carbocycles. The zero-order chi connectivity index (χ0) is 14.4. The van der Waals surface area contributed by atoms with Gasteiger partial charge in [-0.3, -0.25) is 9.78 Å². The van der Waals surface area contributed by atoms with Crippen molar-refractivity contribution in [1.82, 2.24) is 4.98 Å².